The van der Waals surface area contributed by atoms with Crippen molar-refractivity contribution in [2.45, 2.75) is 12.8 Å². The molecule has 19 heavy (non-hydrogen) atoms. The fraction of sp³-hybridized carbons (Fsp3) is 0.143. The van der Waals surface area contributed by atoms with Crippen LogP contribution in [0.15, 0.2) is 42.5 Å². The summed E-state index contributed by atoms with van der Waals surface area (Å²) < 4.78 is 51.6. The van der Waals surface area contributed by atoms with Gasteiger partial charge in [0.25, 0.3) is 0 Å². The lowest BCUT2D eigenvalue weighted by atomic mass is 9.97. The fourth-order valence-corrected chi connectivity index (χ4v) is 1.82. The highest BCUT2D eigenvalue weighted by atomic mass is 19.4. The average Bonchev–Trinajstić information content (AvgIpc) is 2.37. The second-order valence-electron chi connectivity index (χ2n) is 4.01. The summed E-state index contributed by atoms with van der Waals surface area (Å²) in [4.78, 5) is 0. The number of alkyl halides is 3. The van der Waals surface area contributed by atoms with Gasteiger partial charge in [-0.3, -0.25) is 0 Å². The van der Waals surface area contributed by atoms with Crippen LogP contribution in [0, 0.1) is 5.82 Å². The van der Waals surface area contributed by atoms with E-state index in [1.807, 2.05) is 0 Å². The molecule has 0 heterocycles. The molecule has 0 fully saturated rings. The van der Waals surface area contributed by atoms with E-state index in [0.717, 1.165) is 24.3 Å². The summed E-state index contributed by atoms with van der Waals surface area (Å²) in [5.41, 5.74) is -0.533. The molecule has 2 aromatic carbocycles. The van der Waals surface area contributed by atoms with Crippen molar-refractivity contribution in [3.8, 4) is 11.1 Å². The van der Waals surface area contributed by atoms with Gasteiger partial charge in [0, 0.05) is 5.56 Å². The molecule has 0 unspecified atom stereocenters. The standard InChI is InChI=1S/C14H10F4O/c15-13-4-2-1-3-11(13)12-7-10(14(16,17)18)6-5-9(12)8-19/h1-7,19H,8H2. The number of rotatable bonds is 2. The molecule has 0 aromatic heterocycles. The first kappa shape index (κ1) is 13.5. The molecule has 0 amide bonds. The molecule has 0 spiro atoms. The third kappa shape index (κ3) is 2.76. The molecule has 0 atom stereocenters. The molecule has 1 nitrogen and oxygen atoms in total. The van der Waals surface area contributed by atoms with Gasteiger partial charge >= 0.3 is 6.18 Å². The Hall–Kier alpha value is -1.88. The molecule has 0 aliphatic heterocycles. The van der Waals surface area contributed by atoms with E-state index in [1.165, 1.54) is 18.2 Å². The molecule has 0 aliphatic rings. The Morgan fingerprint density at radius 2 is 1.63 bits per heavy atom. The predicted molar refractivity (Wildman–Crippen MR) is 62.8 cm³/mol. The van der Waals surface area contributed by atoms with Crippen molar-refractivity contribution in [3.63, 3.8) is 0 Å². The molecule has 2 rings (SSSR count). The van der Waals surface area contributed by atoms with Gasteiger partial charge in [0.1, 0.15) is 5.82 Å². The Bertz CT molecular complexity index is 590. The highest BCUT2D eigenvalue weighted by Crippen LogP contribution is 2.34. The zero-order valence-corrected chi connectivity index (χ0v) is 9.71. The molecule has 0 aliphatic carbocycles. The van der Waals surface area contributed by atoms with Crippen LogP contribution in [0.4, 0.5) is 17.6 Å². The Morgan fingerprint density at radius 3 is 2.21 bits per heavy atom. The number of hydrogen-bond donors (Lipinski definition) is 1. The topological polar surface area (TPSA) is 20.2 Å². The first-order chi connectivity index (χ1) is 8.93. The zero-order chi connectivity index (χ0) is 14.0. The van der Waals surface area contributed by atoms with Crippen molar-refractivity contribution in [1.29, 1.82) is 0 Å². The molecular formula is C14H10F4O. The summed E-state index contributed by atoms with van der Waals surface area (Å²) >= 11 is 0. The molecular weight excluding hydrogens is 260 g/mol. The van der Waals surface area contributed by atoms with Crippen molar-refractivity contribution in [2.75, 3.05) is 0 Å². The summed E-state index contributed by atoms with van der Waals surface area (Å²) in [6, 6.07) is 8.40. The quantitative estimate of drug-likeness (QED) is 0.818. The summed E-state index contributed by atoms with van der Waals surface area (Å²) in [7, 11) is 0. The highest BCUT2D eigenvalue weighted by molar-refractivity contribution is 5.68. The fourth-order valence-electron chi connectivity index (χ4n) is 1.82. The summed E-state index contributed by atoms with van der Waals surface area (Å²) in [5, 5.41) is 9.16. The summed E-state index contributed by atoms with van der Waals surface area (Å²) in [6.07, 6.45) is -4.51. The summed E-state index contributed by atoms with van der Waals surface area (Å²) in [5.74, 6) is -0.628. The maximum absolute atomic E-state index is 13.7. The number of halogens is 4. The van der Waals surface area contributed by atoms with E-state index in [4.69, 9.17) is 5.11 Å². The van der Waals surface area contributed by atoms with E-state index in [1.54, 1.807) is 0 Å². The van der Waals surface area contributed by atoms with Crippen LogP contribution < -0.4 is 0 Å². The van der Waals surface area contributed by atoms with Crippen molar-refractivity contribution < 1.29 is 22.7 Å². The Balaban J connectivity index is 2.64. The first-order valence-electron chi connectivity index (χ1n) is 5.49. The lowest BCUT2D eigenvalue weighted by Crippen LogP contribution is -2.06. The number of benzene rings is 2. The minimum Gasteiger partial charge on any atom is -0.392 e. The molecule has 100 valence electrons. The molecule has 0 radical (unpaired) electrons. The van der Waals surface area contributed by atoms with Crippen LogP contribution in [0.3, 0.4) is 0 Å². The van der Waals surface area contributed by atoms with Crippen molar-refractivity contribution in [3.05, 3.63) is 59.4 Å². The van der Waals surface area contributed by atoms with Gasteiger partial charge in [-0.2, -0.15) is 13.2 Å². The van der Waals surface area contributed by atoms with E-state index >= 15 is 0 Å². The SMILES string of the molecule is OCc1ccc(C(F)(F)F)cc1-c1ccccc1F. The van der Waals surface area contributed by atoms with Gasteiger partial charge in [-0.15, -0.1) is 0 Å². The Morgan fingerprint density at radius 1 is 0.947 bits per heavy atom. The van der Waals surface area contributed by atoms with E-state index in [2.05, 4.69) is 0 Å². The average molecular weight is 270 g/mol. The van der Waals surface area contributed by atoms with Gasteiger partial charge in [0.05, 0.1) is 12.2 Å². The minimum atomic E-state index is -4.51. The molecule has 1 N–H and O–H groups in total. The van der Waals surface area contributed by atoms with Gasteiger partial charge < -0.3 is 5.11 Å². The lowest BCUT2D eigenvalue weighted by molar-refractivity contribution is -0.137. The third-order valence-electron chi connectivity index (χ3n) is 2.77. The van der Waals surface area contributed by atoms with E-state index in [9.17, 15) is 17.6 Å². The molecule has 0 saturated carbocycles. The second-order valence-corrected chi connectivity index (χ2v) is 4.01. The second kappa shape index (κ2) is 5.01. The Kier molecular flexibility index (Phi) is 3.57. The summed E-state index contributed by atoms with van der Waals surface area (Å²) in [6.45, 7) is -0.457. The highest BCUT2D eigenvalue weighted by Gasteiger charge is 2.31. The normalized spacial score (nSPS) is 11.6. The van der Waals surface area contributed by atoms with Gasteiger partial charge in [0.2, 0.25) is 0 Å². The van der Waals surface area contributed by atoms with E-state index in [0.29, 0.717) is 0 Å². The van der Waals surface area contributed by atoms with E-state index in [-0.39, 0.29) is 16.7 Å². The van der Waals surface area contributed by atoms with Gasteiger partial charge in [-0.05, 0) is 29.3 Å². The maximum atomic E-state index is 13.7. The minimum absolute atomic E-state index is 0.0395. The first-order valence-corrected chi connectivity index (χ1v) is 5.49. The van der Waals surface area contributed by atoms with Crippen molar-refractivity contribution in [2.24, 2.45) is 0 Å². The van der Waals surface area contributed by atoms with Crippen LogP contribution in [-0.2, 0) is 12.8 Å². The van der Waals surface area contributed by atoms with Crippen LogP contribution in [0.2, 0.25) is 0 Å². The number of hydrogen-bond acceptors (Lipinski definition) is 1. The van der Waals surface area contributed by atoms with E-state index < -0.39 is 24.2 Å². The Labute approximate surface area is 107 Å². The monoisotopic (exact) mass is 270 g/mol. The number of aliphatic hydroxyl groups is 1. The molecule has 5 heteroatoms. The zero-order valence-electron chi connectivity index (χ0n) is 9.71. The molecule has 0 bridgehead atoms. The predicted octanol–water partition coefficient (Wildman–Crippen LogP) is 4.00. The van der Waals surface area contributed by atoms with Crippen molar-refractivity contribution >= 4 is 0 Å². The van der Waals surface area contributed by atoms with Crippen LogP contribution >= 0.6 is 0 Å². The molecule has 0 saturated heterocycles. The van der Waals surface area contributed by atoms with Crippen LogP contribution in [0.1, 0.15) is 11.1 Å². The van der Waals surface area contributed by atoms with Gasteiger partial charge in [-0.25, -0.2) is 4.39 Å². The number of aliphatic hydroxyl groups excluding tert-OH is 1. The largest absolute Gasteiger partial charge is 0.416 e. The lowest BCUT2D eigenvalue weighted by Gasteiger charge is -2.13. The smallest absolute Gasteiger partial charge is 0.392 e. The van der Waals surface area contributed by atoms with Crippen LogP contribution in [0.5, 0.6) is 0 Å². The maximum Gasteiger partial charge on any atom is 0.416 e. The van der Waals surface area contributed by atoms with Crippen LogP contribution in [-0.4, -0.2) is 5.11 Å². The van der Waals surface area contributed by atoms with Crippen molar-refractivity contribution in [1.82, 2.24) is 0 Å². The van der Waals surface area contributed by atoms with Gasteiger partial charge in [-0.1, -0.05) is 24.3 Å². The third-order valence-corrected chi connectivity index (χ3v) is 2.77. The van der Waals surface area contributed by atoms with Crippen LogP contribution in [0.25, 0.3) is 11.1 Å². The molecule has 2 aromatic rings. The van der Waals surface area contributed by atoms with Gasteiger partial charge in [0.15, 0.2) is 0 Å².